The van der Waals surface area contributed by atoms with Crippen LogP contribution in [0.4, 0.5) is 0 Å². The monoisotopic (exact) mass is 414 g/mol. The third kappa shape index (κ3) is 4.09. The van der Waals surface area contributed by atoms with Crippen LogP contribution in [-0.4, -0.2) is 41.3 Å². The van der Waals surface area contributed by atoms with Crippen LogP contribution in [0.25, 0.3) is 5.76 Å². The zero-order valence-electron chi connectivity index (χ0n) is 15.4. The highest BCUT2D eigenvalue weighted by Gasteiger charge is 2.45. The fourth-order valence-electron chi connectivity index (χ4n) is 3.24. The van der Waals surface area contributed by atoms with Gasteiger partial charge >= 0.3 is 0 Å². The van der Waals surface area contributed by atoms with E-state index in [9.17, 15) is 24.6 Å². The minimum atomic E-state index is -1.35. The Hall–Kier alpha value is -3.32. The summed E-state index contributed by atoms with van der Waals surface area (Å²) >= 11 is 5.88. The van der Waals surface area contributed by atoms with E-state index >= 15 is 0 Å². The molecule has 2 aromatic rings. The van der Waals surface area contributed by atoms with Crippen LogP contribution >= 0.6 is 11.6 Å². The number of carbonyl (C=O) groups is 3. The number of rotatable bonds is 6. The third-order valence-electron chi connectivity index (χ3n) is 4.62. The van der Waals surface area contributed by atoms with E-state index in [-0.39, 0.29) is 17.9 Å². The predicted molar refractivity (Wildman–Crippen MR) is 103 cm³/mol. The number of hydrogen-bond donors (Lipinski definition) is 1. The first-order valence-corrected chi connectivity index (χ1v) is 9.09. The first-order chi connectivity index (χ1) is 13.8. The van der Waals surface area contributed by atoms with Crippen molar-refractivity contribution in [1.29, 1.82) is 0 Å². The molecule has 1 N–H and O–H groups in total. The van der Waals surface area contributed by atoms with Gasteiger partial charge in [-0.25, -0.2) is 0 Å². The van der Waals surface area contributed by atoms with Gasteiger partial charge in [-0.15, -0.1) is 0 Å². The largest absolute Gasteiger partial charge is 0.550 e. The van der Waals surface area contributed by atoms with E-state index in [0.717, 1.165) is 4.90 Å². The summed E-state index contributed by atoms with van der Waals surface area (Å²) in [7, 11) is 1.47. The number of ketones is 1. The van der Waals surface area contributed by atoms with Crippen molar-refractivity contribution in [1.82, 2.24) is 4.90 Å². The Morgan fingerprint density at radius 1 is 1.21 bits per heavy atom. The quantitative estimate of drug-likeness (QED) is 0.439. The maximum Gasteiger partial charge on any atom is 0.295 e. The number of aliphatic carboxylic acids is 1. The minimum absolute atomic E-state index is 0.135. The number of hydrogen-bond acceptors (Lipinski definition) is 6. The molecule has 7 nitrogen and oxygen atoms in total. The SMILES string of the molecule is COc1cccc([C@H]2/C(=C(\O)c3ccc(Cl)cc3)C(=O)C(=O)N2CCC(=O)[O-])c1. The van der Waals surface area contributed by atoms with Gasteiger partial charge < -0.3 is 24.6 Å². The number of benzene rings is 2. The molecular weight excluding hydrogens is 398 g/mol. The summed E-state index contributed by atoms with van der Waals surface area (Å²) in [5.41, 5.74) is 0.668. The van der Waals surface area contributed by atoms with Gasteiger partial charge in [-0.1, -0.05) is 23.7 Å². The molecule has 1 saturated heterocycles. The Morgan fingerprint density at radius 2 is 1.90 bits per heavy atom. The average Bonchev–Trinajstić information content (AvgIpc) is 2.97. The van der Waals surface area contributed by atoms with Gasteiger partial charge in [0.15, 0.2) is 0 Å². The zero-order valence-corrected chi connectivity index (χ0v) is 16.2. The summed E-state index contributed by atoms with van der Waals surface area (Å²) in [5, 5.41) is 22.2. The molecule has 0 bridgehead atoms. The number of Topliss-reactive ketones (excluding diaryl/α,β-unsaturated/α-hetero) is 1. The molecule has 2 aromatic carbocycles. The second kappa shape index (κ2) is 8.36. The highest BCUT2D eigenvalue weighted by Crippen LogP contribution is 2.40. The lowest BCUT2D eigenvalue weighted by atomic mass is 9.95. The molecule has 0 aromatic heterocycles. The fourth-order valence-corrected chi connectivity index (χ4v) is 3.37. The van der Waals surface area contributed by atoms with Gasteiger partial charge in [0.05, 0.1) is 18.7 Å². The zero-order chi connectivity index (χ0) is 21.1. The third-order valence-corrected chi connectivity index (χ3v) is 4.88. The second-order valence-corrected chi connectivity index (χ2v) is 6.83. The lowest BCUT2D eigenvalue weighted by Crippen LogP contribution is -2.34. The van der Waals surface area contributed by atoms with Crippen molar-refractivity contribution >= 4 is 35.0 Å². The standard InChI is InChI=1S/C21H18ClNO6/c1-29-15-4-2-3-13(11-15)18-17(19(26)12-5-7-14(22)8-6-12)20(27)21(28)23(18)10-9-16(24)25/h2-8,11,18,26H,9-10H2,1H3,(H,24,25)/p-1/b19-17+/t18-/m0/s1. The van der Waals surface area contributed by atoms with Gasteiger partial charge in [0.1, 0.15) is 11.5 Å². The lowest BCUT2D eigenvalue weighted by Gasteiger charge is -2.25. The van der Waals surface area contributed by atoms with Crippen molar-refractivity contribution in [3.05, 3.63) is 70.3 Å². The molecule has 29 heavy (non-hydrogen) atoms. The summed E-state index contributed by atoms with van der Waals surface area (Å²) in [6.07, 6.45) is -0.450. The molecular formula is C21H17ClNO6-. The van der Waals surface area contributed by atoms with Crippen molar-refractivity contribution in [2.75, 3.05) is 13.7 Å². The molecule has 3 rings (SSSR count). The Kier molecular flexibility index (Phi) is 5.89. The molecule has 0 unspecified atom stereocenters. The number of methoxy groups -OCH3 is 1. The van der Waals surface area contributed by atoms with E-state index < -0.39 is 30.1 Å². The molecule has 0 aliphatic carbocycles. The number of aliphatic hydroxyl groups excluding tert-OH is 1. The summed E-state index contributed by atoms with van der Waals surface area (Å²) in [5.74, 6) is -3.03. The van der Waals surface area contributed by atoms with Gasteiger partial charge in [0, 0.05) is 29.5 Å². The second-order valence-electron chi connectivity index (χ2n) is 6.40. The molecule has 1 aliphatic heterocycles. The summed E-state index contributed by atoms with van der Waals surface area (Å²) in [6.45, 7) is -0.244. The number of carbonyl (C=O) groups excluding carboxylic acids is 3. The summed E-state index contributed by atoms with van der Waals surface area (Å²) in [4.78, 5) is 37.4. The minimum Gasteiger partial charge on any atom is -0.550 e. The predicted octanol–water partition coefficient (Wildman–Crippen LogP) is 1.91. The number of ether oxygens (including phenoxy) is 1. The maximum atomic E-state index is 12.8. The van der Waals surface area contributed by atoms with Crippen LogP contribution in [0.1, 0.15) is 23.6 Å². The van der Waals surface area contributed by atoms with Crippen LogP contribution in [0.5, 0.6) is 5.75 Å². The molecule has 150 valence electrons. The number of aliphatic hydroxyl groups is 1. The van der Waals surface area contributed by atoms with Crippen molar-refractivity contribution < 1.29 is 29.3 Å². The molecule has 1 aliphatic rings. The topological polar surface area (TPSA) is 107 Å². The Morgan fingerprint density at radius 3 is 2.52 bits per heavy atom. The van der Waals surface area contributed by atoms with Crippen LogP contribution < -0.4 is 9.84 Å². The van der Waals surface area contributed by atoms with E-state index in [0.29, 0.717) is 21.9 Å². The molecule has 1 amide bonds. The first-order valence-electron chi connectivity index (χ1n) is 8.71. The number of halogens is 1. The molecule has 1 heterocycles. The Balaban J connectivity index is 2.16. The number of amides is 1. The van der Waals surface area contributed by atoms with Crippen LogP contribution in [0, 0.1) is 0 Å². The van der Waals surface area contributed by atoms with Crippen molar-refractivity contribution in [2.45, 2.75) is 12.5 Å². The van der Waals surface area contributed by atoms with Gasteiger partial charge in [-0.2, -0.15) is 0 Å². The highest BCUT2D eigenvalue weighted by atomic mass is 35.5. The first kappa shape index (κ1) is 20.4. The molecule has 8 heteroatoms. The molecule has 0 radical (unpaired) electrons. The van der Waals surface area contributed by atoms with E-state index in [4.69, 9.17) is 16.3 Å². The summed E-state index contributed by atoms with van der Waals surface area (Å²) < 4.78 is 5.21. The van der Waals surface area contributed by atoms with E-state index in [1.807, 2.05) is 0 Å². The fraction of sp³-hybridized carbons (Fsp3) is 0.190. The van der Waals surface area contributed by atoms with Gasteiger partial charge in [0.2, 0.25) is 0 Å². The smallest absolute Gasteiger partial charge is 0.295 e. The number of carboxylic acids is 1. The van der Waals surface area contributed by atoms with E-state index in [1.54, 1.807) is 36.4 Å². The number of likely N-dealkylation sites (tertiary alicyclic amines) is 1. The van der Waals surface area contributed by atoms with E-state index in [1.165, 1.54) is 19.2 Å². The van der Waals surface area contributed by atoms with E-state index in [2.05, 4.69) is 0 Å². The van der Waals surface area contributed by atoms with Gasteiger partial charge in [0.25, 0.3) is 11.7 Å². The van der Waals surface area contributed by atoms with Crippen LogP contribution in [0.3, 0.4) is 0 Å². The number of nitrogens with zero attached hydrogens (tertiary/aromatic N) is 1. The molecule has 1 fully saturated rings. The molecule has 0 spiro atoms. The van der Waals surface area contributed by atoms with Crippen molar-refractivity contribution in [3.63, 3.8) is 0 Å². The van der Waals surface area contributed by atoms with Gasteiger partial charge in [-0.3, -0.25) is 9.59 Å². The van der Waals surface area contributed by atoms with Crippen LogP contribution in [0.15, 0.2) is 54.1 Å². The molecule has 1 atom stereocenters. The molecule has 0 saturated carbocycles. The van der Waals surface area contributed by atoms with Crippen LogP contribution in [-0.2, 0) is 14.4 Å². The van der Waals surface area contributed by atoms with Crippen molar-refractivity contribution in [3.8, 4) is 5.75 Å². The van der Waals surface area contributed by atoms with Crippen LogP contribution in [0.2, 0.25) is 5.02 Å². The lowest BCUT2D eigenvalue weighted by molar-refractivity contribution is -0.305. The number of carboxylic acid groups (broad SMARTS) is 1. The average molecular weight is 415 g/mol. The Labute approximate surface area is 171 Å². The highest BCUT2D eigenvalue weighted by molar-refractivity contribution is 6.46. The summed E-state index contributed by atoms with van der Waals surface area (Å²) in [6, 6.07) is 11.8. The Bertz CT molecular complexity index is 998. The normalized spacial score (nSPS) is 18.1. The maximum absolute atomic E-state index is 12.8. The van der Waals surface area contributed by atoms with Crippen molar-refractivity contribution in [2.24, 2.45) is 0 Å². The van der Waals surface area contributed by atoms with Gasteiger partial charge in [-0.05, 0) is 42.0 Å².